The van der Waals surface area contributed by atoms with E-state index in [0.717, 1.165) is 0 Å². The van der Waals surface area contributed by atoms with Gasteiger partial charge in [-0.2, -0.15) is 5.26 Å². The molecule has 0 aromatic heterocycles. The summed E-state index contributed by atoms with van der Waals surface area (Å²) in [7, 11) is 0. The molecule has 0 spiro atoms. The molecule has 56 valence electrons. The van der Waals surface area contributed by atoms with Gasteiger partial charge in [0.05, 0.1) is 19.3 Å². The summed E-state index contributed by atoms with van der Waals surface area (Å²) in [4.78, 5) is 0. The molecule has 0 radical (unpaired) electrons. The molecular weight excluding hydrogens is 138 g/mol. The maximum absolute atomic E-state index is 8.31. The van der Waals surface area contributed by atoms with Crippen molar-refractivity contribution in [3.05, 3.63) is 30.2 Å². The van der Waals surface area contributed by atoms with Crippen LogP contribution in [0.1, 0.15) is 13.3 Å². The second kappa shape index (κ2) is 4.35. The molecule has 0 aliphatic carbocycles. The molecule has 0 fully saturated rings. The lowest BCUT2D eigenvalue weighted by Gasteiger charge is -2.00. The molecule has 1 rings (SSSR count). The minimum atomic E-state index is -0.456. The van der Waals surface area contributed by atoms with E-state index in [-0.39, 0.29) is 30.9 Å². The number of hydrogen-bond acceptors (Lipinski definition) is 2. The van der Waals surface area contributed by atoms with Crippen LogP contribution in [-0.2, 0) is 0 Å². The minimum absolute atomic E-state index is 0.00445. The van der Waals surface area contributed by atoms with Crippen LogP contribution in [0.15, 0.2) is 30.2 Å². The third kappa shape index (κ3) is 2.72. The van der Waals surface area contributed by atoms with Crippen molar-refractivity contribution in [1.82, 2.24) is 0 Å². The summed E-state index contributed by atoms with van der Waals surface area (Å²) in [5.41, 5.74) is 0. The fourth-order valence-corrected chi connectivity index (χ4v) is 0.509. The summed E-state index contributed by atoms with van der Waals surface area (Å²) < 4.78 is 42.1. The van der Waals surface area contributed by atoms with Gasteiger partial charge in [-0.3, -0.25) is 0 Å². The largest absolute Gasteiger partial charge is 0.493 e. The van der Waals surface area contributed by atoms with Crippen molar-refractivity contribution in [2.75, 3.05) is 6.61 Å². The maximum atomic E-state index is 8.31. The fourth-order valence-electron chi connectivity index (χ4n) is 0.509. The quantitative estimate of drug-likeness (QED) is 0.620. The Morgan fingerprint density at radius 3 is 2.82 bits per heavy atom. The average molecular weight is 152 g/mol. The van der Waals surface area contributed by atoms with Crippen molar-refractivity contribution < 1.29 is 11.6 Å². The van der Waals surface area contributed by atoms with Crippen LogP contribution in [0.2, 0.25) is 0 Å². The Kier molecular flexibility index (Phi) is 1.29. The molecule has 0 saturated carbocycles. The highest BCUT2D eigenvalue weighted by Gasteiger charge is 1.88. The minimum Gasteiger partial charge on any atom is -0.493 e. The Labute approximate surface area is 73.1 Å². The van der Waals surface area contributed by atoms with Crippen LogP contribution in [0, 0.1) is 11.3 Å². The molecule has 0 amide bonds. The van der Waals surface area contributed by atoms with Crippen LogP contribution in [0.25, 0.3) is 0 Å². The molecule has 0 heterocycles. The second-order valence-corrected chi connectivity index (χ2v) is 1.71. The Morgan fingerprint density at radius 1 is 1.45 bits per heavy atom. The molecule has 2 heteroatoms. The molecule has 0 unspecified atom stereocenters. The van der Waals surface area contributed by atoms with Crippen molar-refractivity contribution in [2.24, 2.45) is 0 Å². The van der Waals surface area contributed by atoms with Gasteiger partial charge in [-0.1, -0.05) is 18.1 Å². The number of rotatable bonds is 3. The lowest BCUT2D eigenvalue weighted by molar-refractivity contribution is 0.326. The van der Waals surface area contributed by atoms with E-state index in [1.54, 1.807) is 0 Å². The molecule has 0 aliphatic heterocycles. The van der Waals surface area contributed by atoms with Gasteiger partial charge in [0.15, 0.2) is 0 Å². The normalized spacial score (nSPS) is 15.0. The first-order valence-corrected chi connectivity index (χ1v) is 3.07. The monoisotopic (exact) mass is 152 g/mol. The number of nitriles is 1. The van der Waals surface area contributed by atoms with Crippen molar-refractivity contribution in [3.63, 3.8) is 0 Å². The SMILES string of the molecule is [2H]c1c([2H])c([2H])c(OCCC#N)c([2H])c1[2H]. The summed E-state index contributed by atoms with van der Waals surface area (Å²) in [5, 5.41) is 8.31. The fraction of sp³-hybridized carbons (Fsp3) is 0.222. The third-order valence-corrected chi connectivity index (χ3v) is 0.937. The molecule has 11 heavy (non-hydrogen) atoms. The first-order chi connectivity index (χ1) is 7.50. The molecule has 0 N–H and O–H groups in total. The van der Waals surface area contributed by atoms with E-state index in [2.05, 4.69) is 0 Å². The van der Waals surface area contributed by atoms with E-state index in [1.807, 2.05) is 6.07 Å². The Balaban J connectivity index is 3.14. The Morgan fingerprint density at radius 2 is 2.18 bits per heavy atom. The Hall–Kier alpha value is -1.49. The first-order valence-electron chi connectivity index (χ1n) is 5.57. The second-order valence-electron chi connectivity index (χ2n) is 1.71. The van der Waals surface area contributed by atoms with E-state index in [9.17, 15) is 0 Å². The molecule has 1 aromatic carbocycles. The van der Waals surface area contributed by atoms with Crippen LogP contribution in [0.5, 0.6) is 5.75 Å². The van der Waals surface area contributed by atoms with Crippen LogP contribution in [-0.4, -0.2) is 6.61 Å². The topological polar surface area (TPSA) is 33.0 Å². The summed E-state index contributed by atoms with van der Waals surface area (Å²) in [6.45, 7) is 0.00445. The van der Waals surface area contributed by atoms with Gasteiger partial charge in [-0.25, -0.2) is 0 Å². The maximum Gasteiger partial charge on any atom is 0.119 e. The lowest BCUT2D eigenvalue weighted by atomic mass is 10.3. The summed E-state index contributed by atoms with van der Waals surface area (Å²) >= 11 is 0. The molecular formula is C9H9NO. The average Bonchev–Trinajstić information content (AvgIpc) is 2.28. The van der Waals surface area contributed by atoms with Gasteiger partial charge in [0.2, 0.25) is 0 Å². The van der Waals surface area contributed by atoms with E-state index in [0.29, 0.717) is 0 Å². The zero-order valence-electron chi connectivity index (χ0n) is 10.8. The van der Waals surface area contributed by atoms with Crippen molar-refractivity contribution in [1.29, 1.82) is 5.26 Å². The van der Waals surface area contributed by atoms with Gasteiger partial charge < -0.3 is 4.74 Å². The number of hydrogen-bond donors (Lipinski definition) is 0. The summed E-state index contributed by atoms with van der Waals surface area (Å²) in [6.07, 6.45) is 0.0994. The smallest absolute Gasteiger partial charge is 0.119 e. The molecule has 0 aliphatic rings. The van der Waals surface area contributed by atoms with E-state index >= 15 is 0 Å². The van der Waals surface area contributed by atoms with E-state index < -0.39 is 18.1 Å². The highest BCUT2D eigenvalue weighted by atomic mass is 16.5. The van der Waals surface area contributed by atoms with Crippen LogP contribution in [0.3, 0.4) is 0 Å². The van der Waals surface area contributed by atoms with Crippen LogP contribution in [0.4, 0.5) is 0 Å². The number of nitrogens with zero attached hydrogens (tertiary/aromatic N) is 1. The van der Waals surface area contributed by atoms with Gasteiger partial charge in [-0.15, -0.1) is 0 Å². The number of ether oxygens (including phenoxy) is 1. The van der Waals surface area contributed by atoms with Gasteiger partial charge >= 0.3 is 0 Å². The lowest BCUT2D eigenvalue weighted by Crippen LogP contribution is -1.94. The van der Waals surface area contributed by atoms with Crippen molar-refractivity contribution in [3.8, 4) is 11.8 Å². The summed E-state index contributed by atoms with van der Waals surface area (Å²) in [5.74, 6) is -0.207. The molecule has 1 aromatic rings. The van der Waals surface area contributed by atoms with Crippen LogP contribution >= 0.6 is 0 Å². The highest BCUT2D eigenvalue weighted by molar-refractivity contribution is 5.20. The van der Waals surface area contributed by atoms with Gasteiger partial charge in [0.25, 0.3) is 0 Å². The zero-order valence-corrected chi connectivity index (χ0v) is 5.77. The first kappa shape index (κ1) is 3.27. The van der Waals surface area contributed by atoms with Crippen molar-refractivity contribution >= 4 is 0 Å². The van der Waals surface area contributed by atoms with E-state index in [1.165, 1.54) is 0 Å². The predicted molar refractivity (Wildman–Crippen MR) is 42.2 cm³/mol. The third-order valence-electron chi connectivity index (χ3n) is 0.937. The standard InChI is InChI=1S/C9H9NO/c10-7-4-8-11-9-5-2-1-3-6-9/h1-3,5-6H,4,8H2/i1D,2D,3D,5D,6D. The van der Waals surface area contributed by atoms with Gasteiger partial charge in [0, 0.05) is 0 Å². The highest BCUT2D eigenvalue weighted by Crippen LogP contribution is 2.07. The van der Waals surface area contributed by atoms with Gasteiger partial charge in [-0.05, 0) is 12.1 Å². The molecule has 2 nitrogen and oxygen atoms in total. The zero-order chi connectivity index (χ0) is 12.3. The van der Waals surface area contributed by atoms with Crippen molar-refractivity contribution in [2.45, 2.75) is 6.42 Å². The molecule has 0 atom stereocenters. The number of benzene rings is 1. The predicted octanol–water partition coefficient (Wildman–Crippen LogP) is 1.98. The van der Waals surface area contributed by atoms with E-state index in [4.69, 9.17) is 16.9 Å². The number of para-hydroxylation sites is 1. The molecule has 0 bridgehead atoms. The molecule has 0 saturated heterocycles. The van der Waals surface area contributed by atoms with Crippen LogP contribution < -0.4 is 4.74 Å². The van der Waals surface area contributed by atoms with Gasteiger partial charge in [0.1, 0.15) is 12.4 Å². The Bertz CT molecular complexity index is 425. The summed E-state index contributed by atoms with van der Waals surface area (Å²) in [6, 6.07) is -0.261.